The summed E-state index contributed by atoms with van der Waals surface area (Å²) in [5.41, 5.74) is 5.34. The number of rotatable bonds is 3. The van der Waals surface area contributed by atoms with E-state index in [0.29, 0.717) is 0 Å². The second kappa shape index (κ2) is 5.80. The highest BCUT2D eigenvalue weighted by atomic mass is 16.1. The van der Waals surface area contributed by atoms with E-state index >= 15 is 0 Å². The van der Waals surface area contributed by atoms with Gasteiger partial charge in [0, 0.05) is 35.8 Å². The smallest absolute Gasteiger partial charge is 0.189 e. The molecule has 2 aromatic heterocycles. The minimum atomic E-state index is -0.500. The van der Waals surface area contributed by atoms with E-state index in [-0.39, 0.29) is 5.78 Å². The third kappa shape index (κ3) is 2.43. The third-order valence-corrected chi connectivity index (χ3v) is 5.14. The summed E-state index contributed by atoms with van der Waals surface area (Å²) < 4.78 is 1.86. The maximum Gasteiger partial charge on any atom is 0.189 e. The standard InChI is InChI=1S/C21H22N4O/c1-5-24-19-11-17(6-7-18(19)20(26)21(24,3)4)25-13-16(12-23-25)15-8-9-22-14(2)10-15/h6-13H,5H2,1-4H3. The van der Waals surface area contributed by atoms with Crippen LogP contribution in [0.1, 0.15) is 36.8 Å². The van der Waals surface area contributed by atoms with E-state index in [1.165, 1.54) is 0 Å². The van der Waals surface area contributed by atoms with Crippen LogP contribution in [0.2, 0.25) is 0 Å². The Morgan fingerprint density at radius 1 is 1.12 bits per heavy atom. The molecular weight excluding hydrogens is 324 g/mol. The molecule has 0 spiro atoms. The summed E-state index contributed by atoms with van der Waals surface area (Å²) in [7, 11) is 0. The summed E-state index contributed by atoms with van der Waals surface area (Å²) in [4.78, 5) is 19.1. The van der Waals surface area contributed by atoms with E-state index in [0.717, 1.165) is 40.3 Å². The first-order chi connectivity index (χ1) is 12.4. The maximum absolute atomic E-state index is 12.7. The van der Waals surface area contributed by atoms with Crippen molar-refractivity contribution < 1.29 is 4.79 Å². The topological polar surface area (TPSA) is 51.0 Å². The van der Waals surface area contributed by atoms with Crippen LogP contribution in [0, 0.1) is 6.92 Å². The highest BCUT2D eigenvalue weighted by molar-refractivity contribution is 6.13. The highest BCUT2D eigenvalue weighted by Crippen LogP contribution is 2.39. The van der Waals surface area contributed by atoms with E-state index in [4.69, 9.17) is 0 Å². The van der Waals surface area contributed by atoms with Crippen molar-refractivity contribution in [2.75, 3.05) is 11.4 Å². The number of aryl methyl sites for hydroxylation is 1. The number of likely N-dealkylation sites (N-methyl/N-ethyl adjacent to an activating group) is 1. The van der Waals surface area contributed by atoms with Crippen LogP contribution in [-0.2, 0) is 0 Å². The first-order valence-electron chi connectivity index (χ1n) is 8.86. The molecule has 3 heterocycles. The number of fused-ring (bicyclic) bond motifs is 1. The monoisotopic (exact) mass is 346 g/mol. The van der Waals surface area contributed by atoms with Crippen molar-refractivity contribution in [2.45, 2.75) is 33.2 Å². The van der Waals surface area contributed by atoms with Crippen LogP contribution < -0.4 is 4.90 Å². The third-order valence-electron chi connectivity index (χ3n) is 5.14. The fraction of sp³-hybridized carbons (Fsp3) is 0.286. The summed E-state index contributed by atoms with van der Waals surface area (Å²) in [6.45, 7) is 8.81. The second-order valence-corrected chi connectivity index (χ2v) is 7.19. The lowest BCUT2D eigenvalue weighted by Gasteiger charge is -2.31. The molecule has 0 aliphatic carbocycles. The molecule has 0 bridgehead atoms. The molecule has 0 radical (unpaired) electrons. The zero-order chi connectivity index (χ0) is 18.5. The zero-order valence-electron chi connectivity index (χ0n) is 15.5. The molecule has 3 aromatic rings. The number of ketones is 1. The highest BCUT2D eigenvalue weighted by Gasteiger charge is 2.43. The van der Waals surface area contributed by atoms with Gasteiger partial charge in [-0.15, -0.1) is 0 Å². The molecule has 0 amide bonds. The van der Waals surface area contributed by atoms with Crippen molar-refractivity contribution in [1.82, 2.24) is 14.8 Å². The van der Waals surface area contributed by atoms with Crippen LogP contribution in [0.15, 0.2) is 48.9 Å². The van der Waals surface area contributed by atoms with Gasteiger partial charge in [0.25, 0.3) is 0 Å². The number of hydrogen-bond donors (Lipinski definition) is 0. The van der Waals surface area contributed by atoms with Crippen LogP contribution in [0.25, 0.3) is 16.8 Å². The molecule has 0 fully saturated rings. The predicted octanol–water partition coefficient (Wildman–Crippen LogP) is 4.04. The number of hydrogen-bond acceptors (Lipinski definition) is 4. The molecule has 5 nitrogen and oxygen atoms in total. The van der Waals surface area contributed by atoms with Crippen molar-refractivity contribution in [3.63, 3.8) is 0 Å². The van der Waals surface area contributed by atoms with Crippen LogP contribution in [-0.4, -0.2) is 32.6 Å². The van der Waals surface area contributed by atoms with Crippen molar-refractivity contribution >= 4 is 11.5 Å². The van der Waals surface area contributed by atoms with Crippen molar-refractivity contribution in [3.05, 3.63) is 60.2 Å². The van der Waals surface area contributed by atoms with Gasteiger partial charge in [-0.25, -0.2) is 4.68 Å². The van der Waals surface area contributed by atoms with Gasteiger partial charge in [-0.3, -0.25) is 9.78 Å². The van der Waals surface area contributed by atoms with Crippen LogP contribution in [0.3, 0.4) is 0 Å². The molecule has 0 unspecified atom stereocenters. The number of carbonyl (C=O) groups is 1. The summed E-state index contributed by atoms with van der Waals surface area (Å²) in [6.07, 6.45) is 5.67. The number of pyridine rings is 1. The Kier molecular flexibility index (Phi) is 3.68. The molecule has 0 N–H and O–H groups in total. The molecule has 0 atom stereocenters. The number of benzene rings is 1. The fourth-order valence-electron chi connectivity index (χ4n) is 3.73. The maximum atomic E-state index is 12.7. The molecule has 0 saturated carbocycles. The molecule has 0 saturated heterocycles. The Labute approximate surface area is 153 Å². The number of carbonyl (C=O) groups excluding carboxylic acids is 1. The van der Waals surface area contributed by atoms with Crippen LogP contribution >= 0.6 is 0 Å². The first kappa shape index (κ1) is 16.5. The Hall–Kier alpha value is -2.95. The summed E-state index contributed by atoms with van der Waals surface area (Å²) in [5, 5.41) is 4.52. The van der Waals surface area contributed by atoms with Gasteiger partial charge in [0.05, 0.1) is 23.1 Å². The molecule has 1 aliphatic heterocycles. The van der Waals surface area contributed by atoms with Gasteiger partial charge in [-0.1, -0.05) is 0 Å². The molecule has 5 heteroatoms. The number of Topliss-reactive ketones (excluding diaryl/α,β-unsaturated/α-hetero) is 1. The molecular formula is C21H22N4O. The van der Waals surface area contributed by atoms with E-state index < -0.39 is 5.54 Å². The Bertz CT molecular complexity index is 1000. The van der Waals surface area contributed by atoms with Crippen molar-refractivity contribution in [2.24, 2.45) is 0 Å². The van der Waals surface area contributed by atoms with Crippen molar-refractivity contribution in [3.8, 4) is 16.8 Å². The van der Waals surface area contributed by atoms with Gasteiger partial charge in [0.1, 0.15) is 0 Å². The van der Waals surface area contributed by atoms with Crippen molar-refractivity contribution in [1.29, 1.82) is 0 Å². The molecule has 4 rings (SSSR count). The van der Waals surface area contributed by atoms with Gasteiger partial charge in [0.2, 0.25) is 0 Å². The normalized spacial score (nSPS) is 15.4. The Balaban J connectivity index is 1.74. The number of anilines is 1. The van der Waals surface area contributed by atoms with E-state index in [9.17, 15) is 4.79 Å². The summed E-state index contributed by atoms with van der Waals surface area (Å²) in [6, 6.07) is 9.96. The number of nitrogens with zero attached hydrogens (tertiary/aromatic N) is 4. The van der Waals surface area contributed by atoms with Gasteiger partial charge in [0.15, 0.2) is 5.78 Å². The molecule has 1 aliphatic rings. The minimum Gasteiger partial charge on any atom is -0.359 e. The summed E-state index contributed by atoms with van der Waals surface area (Å²) >= 11 is 0. The molecule has 26 heavy (non-hydrogen) atoms. The van der Waals surface area contributed by atoms with E-state index in [1.54, 1.807) is 0 Å². The lowest BCUT2D eigenvalue weighted by Crippen LogP contribution is -2.44. The van der Waals surface area contributed by atoms with Crippen LogP contribution in [0.5, 0.6) is 0 Å². The Morgan fingerprint density at radius 3 is 2.65 bits per heavy atom. The lowest BCUT2D eigenvalue weighted by molar-refractivity contribution is 0.0925. The predicted molar refractivity (Wildman–Crippen MR) is 103 cm³/mol. The van der Waals surface area contributed by atoms with E-state index in [1.807, 2.05) is 68.3 Å². The van der Waals surface area contributed by atoms with Gasteiger partial charge >= 0.3 is 0 Å². The second-order valence-electron chi connectivity index (χ2n) is 7.19. The minimum absolute atomic E-state index is 0.175. The quantitative estimate of drug-likeness (QED) is 0.718. The summed E-state index contributed by atoms with van der Waals surface area (Å²) in [5.74, 6) is 0.175. The molecule has 132 valence electrons. The first-order valence-corrected chi connectivity index (χ1v) is 8.86. The van der Waals surface area contributed by atoms with Gasteiger partial charge < -0.3 is 4.90 Å². The van der Waals surface area contributed by atoms with Gasteiger partial charge in [-0.2, -0.15) is 5.10 Å². The average Bonchev–Trinajstić information content (AvgIpc) is 3.17. The van der Waals surface area contributed by atoms with E-state index in [2.05, 4.69) is 28.0 Å². The fourth-order valence-corrected chi connectivity index (χ4v) is 3.73. The zero-order valence-corrected chi connectivity index (χ0v) is 15.5. The largest absolute Gasteiger partial charge is 0.359 e. The molecule has 1 aromatic carbocycles. The number of aromatic nitrogens is 3. The Morgan fingerprint density at radius 2 is 1.92 bits per heavy atom. The average molecular weight is 346 g/mol. The SMILES string of the molecule is CCN1c2cc(-n3cc(-c4ccnc(C)c4)cn3)ccc2C(=O)C1(C)C. The van der Waals surface area contributed by atoms with Gasteiger partial charge in [-0.05, 0) is 63.6 Å². The van der Waals surface area contributed by atoms with Crippen LogP contribution in [0.4, 0.5) is 5.69 Å². The lowest BCUT2D eigenvalue weighted by atomic mass is 9.97.